The second kappa shape index (κ2) is 5.34. The molecule has 3 nitrogen and oxygen atoms in total. The molecule has 1 aromatic heterocycles. The lowest BCUT2D eigenvalue weighted by atomic mass is 10.0. The van der Waals surface area contributed by atoms with Crippen LogP contribution in [-0.4, -0.2) is 20.8 Å². The smallest absolute Gasteiger partial charge is 0.0949 e. The molecule has 2 atom stereocenters. The first kappa shape index (κ1) is 12.1. The van der Waals surface area contributed by atoms with Gasteiger partial charge in [-0.05, 0) is 31.0 Å². The van der Waals surface area contributed by atoms with E-state index < -0.39 is 6.10 Å². The van der Waals surface area contributed by atoms with Gasteiger partial charge in [0.25, 0.3) is 0 Å². The Morgan fingerprint density at radius 1 is 1.35 bits per heavy atom. The van der Waals surface area contributed by atoms with Crippen molar-refractivity contribution >= 4 is 11.6 Å². The zero-order chi connectivity index (χ0) is 12.3. The lowest BCUT2D eigenvalue weighted by Gasteiger charge is -2.21. The largest absolute Gasteiger partial charge is 0.391 e. The van der Waals surface area contributed by atoms with Gasteiger partial charge >= 0.3 is 0 Å². The van der Waals surface area contributed by atoms with Crippen LogP contribution in [0.2, 0.25) is 5.02 Å². The Hall–Kier alpha value is -1.32. The van der Waals surface area contributed by atoms with E-state index in [0.29, 0.717) is 0 Å². The van der Waals surface area contributed by atoms with Crippen molar-refractivity contribution < 1.29 is 5.11 Å². The quantitative estimate of drug-likeness (QED) is 0.906. The fraction of sp³-hybridized carbons (Fsp3) is 0.308. The number of nitrogens with zero attached hydrogens (tertiary/aromatic N) is 2. The fourth-order valence-electron chi connectivity index (χ4n) is 1.85. The Morgan fingerprint density at radius 3 is 2.59 bits per heavy atom. The molecule has 1 aromatic carbocycles. The molecule has 0 aliphatic rings. The van der Waals surface area contributed by atoms with Gasteiger partial charge in [-0.2, -0.15) is 0 Å². The van der Waals surface area contributed by atoms with Gasteiger partial charge in [0.15, 0.2) is 0 Å². The molecule has 2 rings (SSSR count). The Balaban J connectivity index is 2.16. The van der Waals surface area contributed by atoms with Gasteiger partial charge in [0.05, 0.1) is 18.5 Å². The van der Waals surface area contributed by atoms with E-state index in [0.717, 1.165) is 17.0 Å². The van der Waals surface area contributed by atoms with E-state index in [1.807, 2.05) is 35.0 Å². The van der Waals surface area contributed by atoms with Crippen molar-refractivity contribution in [2.75, 3.05) is 0 Å². The number of halogens is 1. The molecule has 0 saturated carbocycles. The lowest BCUT2D eigenvalue weighted by Crippen LogP contribution is -2.22. The summed E-state index contributed by atoms with van der Waals surface area (Å²) in [7, 11) is 0. The van der Waals surface area contributed by atoms with E-state index in [-0.39, 0.29) is 6.04 Å². The van der Waals surface area contributed by atoms with Crippen molar-refractivity contribution in [2.45, 2.75) is 25.5 Å². The van der Waals surface area contributed by atoms with Crippen molar-refractivity contribution in [3.63, 3.8) is 0 Å². The average Bonchev–Trinajstić information content (AvgIpc) is 2.81. The minimum atomic E-state index is -0.431. The van der Waals surface area contributed by atoms with Crippen molar-refractivity contribution in [3.05, 3.63) is 53.6 Å². The maximum atomic E-state index is 9.83. The first-order chi connectivity index (χ1) is 8.16. The van der Waals surface area contributed by atoms with E-state index in [4.69, 9.17) is 11.6 Å². The van der Waals surface area contributed by atoms with Crippen molar-refractivity contribution in [2.24, 2.45) is 0 Å². The summed E-state index contributed by atoms with van der Waals surface area (Å²) in [5, 5.41) is 10.6. The highest BCUT2D eigenvalue weighted by Gasteiger charge is 2.16. The summed E-state index contributed by atoms with van der Waals surface area (Å²) >= 11 is 5.85. The average molecular weight is 251 g/mol. The van der Waals surface area contributed by atoms with E-state index in [9.17, 15) is 5.11 Å². The van der Waals surface area contributed by atoms with Crippen LogP contribution in [0, 0.1) is 0 Å². The second-order valence-electron chi connectivity index (χ2n) is 4.15. The standard InChI is InChI=1S/C13H15ClN2O/c1-10(17)13(16-7-6-15-9-16)8-11-2-4-12(14)5-3-11/h2-7,9-10,13,17H,8H2,1H3. The lowest BCUT2D eigenvalue weighted by molar-refractivity contribution is 0.129. The fourth-order valence-corrected chi connectivity index (χ4v) is 1.98. The number of imidazole rings is 1. The number of hydrogen-bond acceptors (Lipinski definition) is 2. The molecule has 2 aromatic rings. The summed E-state index contributed by atoms with van der Waals surface area (Å²) in [6.45, 7) is 1.79. The summed E-state index contributed by atoms with van der Waals surface area (Å²) in [6.07, 6.45) is 5.64. The molecule has 0 radical (unpaired) electrons. The molecule has 1 heterocycles. The number of rotatable bonds is 4. The van der Waals surface area contributed by atoms with Gasteiger partial charge in [-0.3, -0.25) is 0 Å². The van der Waals surface area contributed by atoms with Crippen LogP contribution < -0.4 is 0 Å². The van der Waals surface area contributed by atoms with E-state index in [2.05, 4.69) is 4.98 Å². The number of aromatic nitrogens is 2. The molecule has 1 N–H and O–H groups in total. The topological polar surface area (TPSA) is 38.0 Å². The molecule has 4 heteroatoms. The minimum absolute atomic E-state index is 0.00123. The summed E-state index contributed by atoms with van der Waals surface area (Å²) < 4.78 is 1.93. The predicted octanol–water partition coefficient (Wildman–Crippen LogP) is 2.70. The highest BCUT2D eigenvalue weighted by atomic mass is 35.5. The van der Waals surface area contributed by atoms with Gasteiger partial charge in [-0.25, -0.2) is 4.98 Å². The Labute approximate surface area is 106 Å². The van der Waals surface area contributed by atoms with Crippen molar-refractivity contribution in [3.8, 4) is 0 Å². The highest BCUT2D eigenvalue weighted by molar-refractivity contribution is 6.30. The van der Waals surface area contributed by atoms with Gasteiger partial charge in [0.1, 0.15) is 0 Å². The second-order valence-corrected chi connectivity index (χ2v) is 4.58. The Morgan fingerprint density at radius 2 is 2.06 bits per heavy atom. The molecule has 0 aliphatic carbocycles. The molecular formula is C13H15ClN2O. The van der Waals surface area contributed by atoms with Gasteiger partial charge < -0.3 is 9.67 Å². The molecular weight excluding hydrogens is 236 g/mol. The monoisotopic (exact) mass is 250 g/mol. The molecule has 17 heavy (non-hydrogen) atoms. The zero-order valence-electron chi connectivity index (χ0n) is 9.62. The maximum absolute atomic E-state index is 9.83. The summed E-state index contributed by atoms with van der Waals surface area (Å²) in [4.78, 5) is 4.01. The minimum Gasteiger partial charge on any atom is -0.391 e. The van der Waals surface area contributed by atoms with Crippen LogP contribution in [0.3, 0.4) is 0 Å². The first-order valence-electron chi connectivity index (χ1n) is 5.57. The maximum Gasteiger partial charge on any atom is 0.0949 e. The van der Waals surface area contributed by atoms with Gasteiger partial charge in [-0.1, -0.05) is 23.7 Å². The Kier molecular flexibility index (Phi) is 3.82. The molecule has 90 valence electrons. The first-order valence-corrected chi connectivity index (χ1v) is 5.94. The van der Waals surface area contributed by atoms with Crippen LogP contribution in [0.25, 0.3) is 0 Å². The van der Waals surface area contributed by atoms with Crippen LogP contribution in [0.15, 0.2) is 43.0 Å². The third kappa shape index (κ3) is 3.08. The van der Waals surface area contributed by atoms with Crippen LogP contribution in [0.4, 0.5) is 0 Å². The zero-order valence-corrected chi connectivity index (χ0v) is 10.4. The normalized spacial score (nSPS) is 14.5. The number of hydrogen-bond donors (Lipinski definition) is 1. The molecule has 0 bridgehead atoms. The van der Waals surface area contributed by atoms with Crippen molar-refractivity contribution in [1.29, 1.82) is 0 Å². The summed E-state index contributed by atoms with van der Waals surface area (Å²) in [5.41, 5.74) is 1.15. The molecule has 2 unspecified atom stereocenters. The number of aliphatic hydroxyl groups is 1. The molecule has 0 amide bonds. The van der Waals surface area contributed by atoms with E-state index in [1.54, 1.807) is 19.4 Å². The molecule has 0 spiro atoms. The van der Waals surface area contributed by atoms with Crippen LogP contribution >= 0.6 is 11.6 Å². The third-order valence-corrected chi connectivity index (χ3v) is 3.07. The Bertz CT molecular complexity index is 451. The SMILES string of the molecule is CC(O)C(Cc1ccc(Cl)cc1)n1ccnc1. The van der Waals surface area contributed by atoms with Crippen molar-refractivity contribution in [1.82, 2.24) is 9.55 Å². The molecule has 0 fully saturated rings. The number of aliphatic hydroxyl groups excluding tert-OH is 1. The van der Waals surface area contributed by atoms with Crippen LogP contribution in [-0.2, 0) is 6.42 Å². The van der Waals surface area contributed by atoms with E-state index in [1.165, 1.54) is 0 Å². The van der Waals surface area contributed by atoms with E-state index >= 15 is 0 Å². The number of benzene rings is 1. The van der Waals surface area contributed by atoms with Crippen LogP contribution in [0.5, 0.6) is 0 Å². The predicted molar refractivity (Wildman–Crippen MR) is 68.1 cm³/mol. The highest BCUT2D eigenvalue weighted by Crippen LogP contribution is 2.19. The summed E-state index contributed by atoms with van der Waals surface area (Å²) in [6, 6.07) is 7.69. The molecule has 0 aliphatic heterocycles. The van der Waals surface area contributed by atoms with Crippen LogP contribution in [0.1, 0.15) is 18.5 Å². The summed E-state index contributed by atoms with van der Waals surface area (Å²) in [5.74, 6) is 0. The molecule has 0 saturated heterocycles. The van der Waals surface area contributed by atoms with Gasteiger partial charge in [-0.15, -0.1) is 0 Å². The third-order valence-electron chi connectivity index (χ3n) is 2.82. The van der Waals surface area contributed by atoms with Gasteiger partial charge in [0, 0.05) is 17.4 Å². The van der Waals surface area contributed by atoms with Gasteiger partial charge in [0.2, 0.25) is 0 Å².